The third kappa shape index (κ3) is 5.38. The molecule has 0 aliphatic carbocycles. The molecule has 0 amide bonds. The van der Waals surface area contributed by atoms with Gasteiger partial charge in [0.15, 0.2) is 11.5 Å². The van der Waals surface area contributed by atoms with Crippen LogP contribution in [0.1, 0.15) is 20.3 Å². The molecule has 0 saturated carbocycles. The van der Waals surface area contributed by atoms with Gasteiger partial charge in [-0.15, -0.1) is 0 Å². The van der Waals surface area contributed by atoms with Gasteiger partial charge in [-0.05, 0) is 32.4 Å². The summed E-state index contributed by atoms with van der Waals surface area (Å²) >= 11 is 0. The molecule has 1 aromatic rings. The van der Waals surface area contributed by atoms with Crippen molar-refractivity contribution in [2.75, 3.05) is 20.3 Å². The van der Waals surface area contributed by atoms with E-state index in [4.69, 9.17) is 9.47 Å². The Labute approximate surface area is 109 Å². The fourth-order valence-corrected chi connectivity index (χ4v) is 1.80. The molecule has 0 fully saturated rings. The minimum Gasteiger partial charge on any atom is -0.493 e. The van der Waals surface area contributed by atoms with E-state index in [1.165, 1.54) is 0 Å². The highest BCUT2D eigenvalue weighted by Crippen LogP contribution is 2.25. The van der Waals surface area contributed by atoms with Gasteiger partial charge in [0.25, 0.3) is 0 Å². The normalized spacial score (nSPS) is 14.0. The highest BCUT2D eigenvalue weighted by atomic mass is 16.5. The number of hydrogen-bond donors (Lipinski definition) is 2. The lowest BCUT2D eigenvalue weighted by atomic mass is 10.1. The van der Waals surface area contributed by atoms with Crippen LogP contribution in [0.3, 0.4) is 0 Å². The maximum Gasteiger partial charge on any atom is 0.161 e. The zero-order valence-electron chi connectivity index (χ0n) is 11.3. The minimum atomic E-state index is -0.275. The number of nitrogens with one attached hydrogen (secondary N) is 1. The number of benzene rings is 1. The van der Waals surface area contributed by atoms with Gasteiger partial charge in [-0.2, -0.15) is 0 Å². The molecule has 0 aliphatic heterocycles. The van der Waals surface area contributed by atoms with Crippen LogP contribution in [0.5, 0.6) is 11.5 Å². The molecule has 2 unspecified atom stereocenters. The molecule has 4 heteroatoms. The van der Waals surface area contributed by atoms with Crippen molar-refractivity contribution in [3.05, 3.63) is 24.3 Å². The van der Waals surface area contributed by atoms with Crippen LogP contribution in [0.15, 0.2) is 24.3 Å². The van der Waals surface area contributed by atoms with E-state index in [9.17, 15) is 5.11 Å². The second-order valence-corrected chi connectivity index (χ2v) is 4.44. The van der Waals surface area contributed by atoms with Gasteiger partial charge in [0.2, 0.25) is 0 Å². The molecule has 0 saturated heterocycles. The van der Waals surface area contributed by atoms with Crippen LogP contribution in [0.2, 0.25) is 0 Å². The average molecular weight is 253 g/mol. The van der Waals surface area contributed by atoms with Crippen molar-refractivity contribution in [3.8, 4) is 11.5 Å². The largest absolute Gasteiger partial charge is 0.493 e. The van der Waals surface area contributed by atoms with Gasteiger partial charge in [0, 0.05) is 12.6 Å². The Morgan fingerprint density at radius 1 is 1.22 bits per heavy atom. The summed E-state index contributed by atoms with van der Waals surface area (Å²) in [5, 5.41) is 12.5. The summed E-state index contributed by atoms with van der Waals surface area (Å²) < 4.78 is 10.8. The Balaban J connectivity index is 2.25. The Hall–Kier alpha value is -1.26. The quantitative estimate of drug-likeness (QED) is 0.694. The second kappa shape index (κ2) is 7.95. The summed E-state index contributed by atoms with van der Waals surface area (Å²) in [5.41, 5.74) is 0. The van der Waals surface area contributed by atoms with Crippen molar-refractivity contribution in [2.24, 2.45) is 0 Å². The molecule has 102 valence electrons. The van der Waals surface area contributed by atoms with E-state index in [0.717, 1.165) is 24.5 Å². The van der Waals surface area contributed by atoms with Crippen LogP contribution in [0.25, 0.3) is 0 Å². The number of aliphatic hydroxyl groups excluding tert-OH is 1. The molecule has 0 bridgehead atoms. The smallest absolute Gasteiger partial charge is 0.161 e. The van der Waals surface area contributed by atoms with Crippen molar-refractivity contribution in [3.63, 3.8) is 0 Å². The zero-order chi connectivity index (χ0) is 13.4. The Morgan fingerprint density at radius 2 is 1.89 bits per heavy atom. The van der Waals surface area contributed by atoms with Gasteiger partial charge in [0.05, 0.1) is 13.2 Å². The molecule has 1 aromatic carbocycles. The van der Waals surface area contributed by atoms with Crippen molar-refractivity contribution >= 4 is 0 Å². The number of para-hydroxylation sites is 2. The van der Waals surface area contributed by atoms with E-state index < -0.39 is 0 Å². The first-order valence-corrected chi connectivity index (χ1v) is 6.30. The summed E-state index contributed by atoms with van der Waals surface area (Å²) in [4.78, 5) is 0. The lowest BCUT2D eigenvalue weighted by Crippen LogP contribution is -2.32. The van der Waals surface area contributed by atoms with Crippen molar-refractivity contribution in [1.29, 1.82) is 0 Å². The summed E-state index contributed by atoms with van der Waals surface area (Å²) in [7, 11) is 1.63. The Kier molecular flexibility index (Phi) is 6.54. The average Bonchev–Trinajstić information content (AvgIpc) is 2.34. The maximum atomic E-state index is 9.24. The molecule has 0 aromatic heterocycles. The molecule has 2 atom stereocenters. The molecule has 0 radical (unpaired) electrons. The number of hydrogen-bond acceptors (Lipinski definition) is 4. The minimum absolute atomic E-state index is 0.275. The van der Waals surface area contributed by atoms with Crippen LogP contribution >= 0.6 is 0 Å². The van der Waals surface area contributed by atoms with E-state index in [1.54, 1.807) is 14.0 Å². The van der Waals surface area contributed by atoms with Crippen molar-refractivity contribution < 1.29 is 14.6 Å². The molecule has 0 spiro atoms. The molecular weight excluding hydrogens is 230 g/mol. The summed E-state index contributed by atoms with van der Waals surface area (Å²) in [5.74, 6) is 1.50. The first-order valence-electron chi connectivity index (χ1n) is 6.30. The maximum absolute atomic E-state index is 9.24. The predicted molar refractivity (Wildman–Crippen MR) is 72.3 cm³/mol. The van der Waals surface area contributed by atoms with E-state index in [-0.39, 0.29) is 12.1 Å². The van der Waals surface area contributed by atoms with Crippen LogP contribution in [0, 0.1) is 0 Å². The van der Waals surface area contributed by atoms with Crippen LogP contribution in [0.4, 0.5) is 0 Å². The van der Waals surface area contributed by atoms with E-state index in [0.29, 0.717) is 6.61 Å². The monoisotopic (exact) mass is 253 g/mol. The standard InChI is InChI=1S/C14H23NO3/c1-11(10-12(2)16)15-8-9-18-14-7-5-4-6-13(14)17-3/h4-7,11-12,15-16H,8-10H2,1-3H3. The molecular formula is C14H23NO3. The third-order valence-electron chi connectivity index (χ3n) is 2.62. The SMILES string of the molecule is COc1ccccc1OCCNC(C)CC(C)O. The van der Waals surface area contributed by atoms with Gasteiger partial charge in [-0.3, -0.25) is 0 Å². The van der Waals surface area contributed by atoms with E-state index in [2.05, 4.69) is 12.2 Å². The first kappa shape index (κ1) is 14.8. The van der Waals surface area contributed by atoms with Gasteiger partial charge >= 0.3 is 0 Å². The Morgan fingerprint density at radius 3 is 2.50 bits per heavy atom. The second-order valence-electron chi connectivity index (χ2n) is 4.44. The van der Waals surface area contributed by atoms with Crippen LogP contribution in [-0.2, 0) is 0 Å². The number of ether oxygens (including phenoxy) is 2. The number of aliphatic hydroxyl groups is 1. The fraction of sp³-hybridized carbons (Fsp3) is 0.571. The molecule has 0 aliphatic rings. The van der Waals surface area contributed by atoms with Gasteiger partial charge in [-0.1, -0.05) is 12.1 Å². The van der Waals surface area contributed by atoms with Gasteiger partial charge < -0.3 is 19.9 Å². The fourth-order valence-electron chi connectivity index (χ4n) is 1.80. The van der Waals surface area contributed by atoms with Crippen LogP contribution < -0.4 is 14.8 Å². The molecule has 18 heavy (non-hydrogen) atoms. The van der Waals surface area contributed by atoms with Crippen molar-refractivity contribution in [2.45, 2.75) is 32.4 Å². The molecule has 4 nitrogen and oxygen atoms in total. The van der Waals surface area contributed by atoms with Crippen LogP contribution in [-0.4, -0.2) is 37.5 Å². The number of rotatable bonds is 8. The first-order chi connectivity index (χ1) is 8.63. The predicted octanol–water partition coefficient (Wildman–Crippen LogP) is 1.82. The molecule has 1 rings (SSSR count). The highest BCUT2D eigenvalue weighted by Gasteiger charge is 2.05. The molecule has 0 heterocycles. The van der Waals surface area contributed by atoms with Crippen molar-refractivity contribution in [1.82, 2.24) is 5.32 Å². The van der Waals surface area contributed by atoms with E-state index in [1.807, 2.05) is 24.3 Å². The summed E-state index contributed by atoms with van der Waals surface area (Å²) in [6.07, 6.45) is 0.469. The van der Waals surface area contributed by atoms with Gasteiger partial charge in [-0.25, -0.2) is 0 Å². The zero-order valence-corrected chi connectivity index (χ0v) is 11.3. The summed E-state index contributed by atoms with van der Waals surface area (Å²) in [6, 6.07) is 7.87. The number of methoxy groups -OCH3 is 1. The van der Waals surface area contributed by atoms with E-state index >= 15 is 0 Å². The topological polar surface area (TPSA) is 50.7 Å². The lowest BCUT2D eigenvalue weighted by molar-refractivity contribution is 0.169. The summed E-state index contributed by atoms with van der Waals surface area (Å²) in [6.45, 7) is 5.16. The Bertz CT molecular complexity index is 342. The molecule has 2 N–H and O–H groups in total. The lowest BCUT2D eigenvalue weighted by Gasteiger charge is -2.16. The third-order valence-corrected chi connectivity index (χ3v) is 2.62. The van der Waals surface area contributed by atoms with Gasteiger partial charge in [0.1, 0.15) is 6.61 Å². The highest BCUT2D eigenvalue weighted by molar-refractivity contribution is 5.39.